The molecule has 1 heterocycles. The highest BCUT2D eigenvalue weighted by Crippen LogP contribution is 2.28. The van der Waals surface area contributed by atoms with Gasteiger partial charge in [-0.2, -0.15) is 0 Å². The maximum atomic E-state index is 6.16. The second-order valence-corrected chi connectivity index (χ2v) is 4.16. The molecule has 0 spiro atoms. The summed E-state index contributed by atoms with van der Waals surface area (Å²) in [6, 6.07) is 7.96. The number of nitrogens with two attached hydrogens (primary N) is 1. The van der Waals surface area contributed by atoms with Crippen molar-refractivity contribution in [2.24, 2.45) is 5.73 Å². The Hall–Kier alpha value is -1.32. The monoisotopic (exact) mass is 235 g/mol. The number of hydrogen-bond acceptors (Lipinski definition) is 2. The minimum atomic E-state index is 0.216. The molecule has 0 aliphatic rings. The Bertz CT molecular complexity index is 479. The summed E-state index contributed by atoms with van der Waals surface area (Å²) >= 11 is 6.16. The molecule has 4 heteroatoms. The number of benzene rings is 1. The molecule has 0 aliphatic heterocycles. The van der Waals surface area contributed by atoms with Crippen molar-refractivity contribution in [3.63, 3.8) is 0 Å². The lowest BCUT2D eigenvalue weighted by Crippen LogP contribution is -2.16. The molecule has 2 N–H and O–H groups in total. The van der Waals surface area contributed by atoms with Gasteiger partial charge in [-0.25, -0.2) is 4.98 Å². The van der Waals surface area contributed by atoms with Gasteiger partial charge < -0.3 is 10.3 Å². The number of hydrogen-bond donors (Lipinski definition) is 1. The third-order valence-corrected chi connectivity index (χ3v) is 2.96. The van der Waals surface area contributed by atoms with Crippen LogP contribution in [0.3, 0.4) is 0 Å². The van der Waals surface area contributed by atoms with Crippen molar-refractivity contribution < 1.29 is 0 Å². The van der Waals surface area contributed by atoms with Gasteiger partial charge in [0, 0.05) is 23.2 Å². The Labute approximate surface area is 99.9 Å². The summed E-state index contributed by atoms with van der Waals surface area (Å²) in [7, 11) is 0. The zero-order valence-corrected chi connectivity index (χ0v) is 9.85. The Balaban J connectivity index is 2.49. The van der Waals surface area contributed by atoms with E-state index in [2.05, 4.69) is 11.9 Å². The number of aromatic nitrogens is 2. The summed E-state index contributed by atoms with van der Waals surface area (Å²) in [6.07, 6.45) is 3.60. The summed E-state index contributed by atoms with van der Waals surface area (Å²) in [5, 5.41) is 0.730. The maximum Gasteiger partial charge on any atom is 0.0953 e. The molecule has 1 aromatic carbocycles. The molecule has 2 rings (SSSR count). The highest BCUT2D eigenvalue weighted by Gasteiger charge is 2.11. The van der Waals surface area contributed by atoms with Crippen molar-refractivity contribution in [1.29, 1.82) is 0 Å². The van der Waals surface area contributed by atoms with Crippen molar-refractivity contribution in [3.8, 4) is 11.3 Å². The molecule has 0 bridgehead atoms. The van der Waals surface area contributed by atoms with Gasteiger partial charge in [0.25, 0.3) is 0 Å². The van der Waals surface area contributed by atoms with E-state index in [0.717, 1.165) is 16.3 Å². The number of imidazole rings is 1. The van der Waals surface area contributed by atoms with Crippen molar-refractivity contribution in [2.45, 2.75) is 13.0 Å². The molecule has 1 aromatic heterocycles. The van der Waals surface area contributed by atoms with Crippen LogP contribution in [0.2, 0.25) is 5.02 Å². The van der Waals surface area contributed by atoms with Crippen LogP contribution in [0, 0.1) is 0 Å². The molecule has 3 nitrogen and oxygen atoms in total. The molecule has 0 aliphatic carbocycles. The summed E-state index contributed by atoms with van der Waals surface area (Å²) in [4.78, 5) is 4.16. The van der Waals surface area contributed by atoms with Crippen LogP contribution in [0.1, 0.15) is 13.0 Å². The number of nitrogens with zero attached hydrogens (tertiary/aromatic N) is 2. The van der Waals surface area contributed by atoms with Crippen LogP contribution in [0.25, 0.3) is 11.3 Å². The van der Waals surface area contributed by atoms with Crippen LogP contribution in [-0.4, -0.2) is 16.1 Å². The quantitative estimate of drug-likeness (QED) is 0.889. The first-order valence-corrected chi connectivity index (χ1v) is 5.58. The van der Waals surface area contributed by atoms with Gasteiger partial charge >= 0.3 is 0 Å². The Kier molecular flexibility index (Phi) is 3.27. The predicted octanol–water partition coefficient (Wildman–Crippen LogP) is 2.72. The van der Waals surface area contributed by atoms with E-state index in [9.17, 15) is 0 Å². The first-order chi connectivity index (χ1) is 7.74. The molecule has 1 unspecified atom stereocenters. The minimum Gasteiger partial charge on any atom is -0.328 e. The molecule has 0 radical (unpaired) electrons. The van der Waals surface area contributed by atoms with E-state index in [1.54, 1.807) is 6.33 Å². The molecule has 0 fully saturated rings. The van der Waals surface area contributed by atoms with Crippen molar-refractivity contribution in [2.75, 3.05) is 6.54 Å². The van der Waals surface area contributed by atoms with Gasteiger partial charge in [-0.3, -0.25) is 0 Å². The van der Waals surface area contributed by atoms with Crippen molar-refractivity contribution in [1.82, 2.24) is 9.55 Å². The summed E-state index contributed by atoms with van der Waals surface area (Å²) in [6.45, 7) is 2.63. The zero-order valence-electron chi connectivity index (χ0n) is 9.10. The van der Waals surface area contributed by atoms with E-state index in [0.29, 0.717) is 6.54 Å². The number of rotatable bonds is 3. The third kappa shape index (κ3) is 1.96. The molecule has 1 atom stereocenters. The molecule has 0 saturated carbocycles. The molecular formula is C12H14ClN3. The maximum absolute atomic E-state index is 6.16. The molecule has 16 heavy (non-hydrogen) atoms. The zero-order chi connectivity index (χ0) is 11.5. The lowest BCUT2D eigenvalue weighted by Gasteiger charge is -2.15. The fourth-order valence-corrected chi connectivity index (χ4v) is 1.88. The highest BCUT2D eigenvalue weighted by molar-refractivity contribution is 6.33. The van der Waals surface area contributed by atoms with E-state index in [1.165, 1.54) is 0 Å². The van der Waals surface area contributed by atoms with E-state index in [-0.39, 0.29) is 6.04 Å². The molecule has 84 valence electrons. The Morgan fingerprint density at radius 1 is 1.44 bits per heavy atom. The number of halogens is 1. The largest absolute Gasteiger partial charge is 0.328 e. The van der Waals surface area contributed by atoms with Crippen LogP contribution < -0.4 is 5.73 Å². The van der Waals surface area contributed by atoms with Crippen LogP contribution in [0.15, 0.2) is 36.8 Å². The molecule has 0 amide bonds. The minimum absolute atomic E-state index is 0.216. The van der Waals surface area contributed by atoms with Crippen LogP contribution in [0.5, 0.6) is 0 Å². The van der Waals surface area contributed by atoms with Crippen molar-refractivity contribution >= 4 is 11.6 Å². The van der Waals surface area contributed by atoms with Gasteiger partial charge in [-0.15, -0.1) is 0 Å². The van der Waals surface area contributed by atoms with E-state index < -0.39 is 0 Å². The molecule has 0 saturated heterocycles. The predicted molar refractivity (Wildman–Crippen MR) is 66.4 cm³/mol. The van der Waals surface area contributed by atoms with E-state index in [4.69, 9.17) is 17.3 Å². The van der Waals surface area contributed by atoms with Gasteiger partial charge in [0.15, 0.2) is 0 Å². The van der Waals surface area contributed by atoms with Crippen LogP contribution >= 0.6 is 11.6 Å². The van der Waals surface area contributed by atoms with Crippen molar-refractivity contribution in [3.05, 3.63) is 41.8 Å². The van der Waals surface area contributed by atoms with Crippen LogP contribution in [0.4, 0.5) is 0 Å². The second-order valence-electron chi connectivity index (χ2n) is 3.75. The summed E-state index contributed by atoms with van der Waals surface area (Å²) in [5.74, 6) is 0. The lowest BCUT2D eigenvalue weighted by molar-refractivity contribution is 0.563. The standard InChI is InChI=1S/C12H14ClN3/c1-9(6-14)16-8-15-7-12(16)10-4-2-3-5-11(10)13/h2-5,7-9H,6,14H2,1H3. The van der Waals surface area contributed by atoms with E-state index >= 15 is 0 Å². The molecule has 2 aromatic rings. The highest BCUT2D eigenvalue weighted by atomic mass is 35.5. The van der Waals surface area contributed by atoms with E-state index in [1.807, 2.05) is 35.0 Å². The fourth-order valence-electron chi connectivity index (χ4n) is 1.65. The second kappa shape index (κ2) is 4.68. The van der Waals surface area contributed by atoms with Gasteiger partial charge in [0.1, 0.15) is 0 Å². The van der Waals surface area contributed by atoms with Gasteiger partial charge in [0.05, 0.1) is 18.2 Å². The third-order valence-electron chi connectivity index (χ3n) is 2.63. The van der Waals surface area contributed by atoms with Gasteiger partial charge in [0.2, 0.25) is 0 Å². The Morgan fingerprint density at radius 3 is 2.88 bits per heavy atom. The first-order valence-electron chi connectivity index (χ1n) is 5.21. The summed E-state index contributed by atoms with van der Waals surface area (Å²) < 4.78 is 2.04. The average Bonchev–Trinajstić information content (AvgIpc) is 2.77. The Morgan fingerprint density at radius 2 is 2.19 bits per heavy atom. The SMILES string of the molecule is CC(CN)n1cncc1-c1ccccc1Cl. The smallest absolute Gasteiger partial charge is 0.0953 e. The fraction of sp³-hybridized carbons (Fsp3) is 0.250. The topological polar surface area (TPSA) is 43.8 Å². The normalized spacial score (nSPS) is 12.7. The van der Waals surface area contributed by atoms with Gasteiger partial charge in [-0.1, -0.05) is 29.8 Å². The van der Waals surface area contributed by atoms with Crippen LogP contribution in [-0.2, 0) is 0 Å². The van der Waals surface area contributed by atoms with Gasteiger partial charge in [-0.05, 0) is 13.0 Å². The lowest BCUT2D eigenvalue weighted by atomic mass is 10.1. The first kappa shape index (κ1) is 11.2. The molecular weight excluding hydrogens is 222 g/mol. The average molecular weight is 236 g/mol. The summed E-state index contributed by atoms with van der Waals surface area (Å²) in [5.41, 5.74) is 7.66.